The number of unbranched alkanes of at least 4 members (excludes halogenated alkanes) is 22. The largest absolute Gasteiger partial charge is 0.462 e. The summed E-state index contributed by atoms with van der Waals surface area (Å²) in [6, 6.07) is 0. The molecule has 0 fully saturated rings. The van der Waals surface area contributed by atoms with Gasteiger partial charge in [0.2, 0.25) is 0 Å². The molecular weight excluding hydrogens is 565 g/mol. The third-order valence-corrected chi connectivity index (χ3v) is 10.4. The summed E-state index contributed by atoms with van der Waals surface area (Å²) in [5.41, 5.74) is 0. The zero-order chi connectivity index (χ0) is 30.3. The van der Waals surface area contributed by atoms with Gasteiger partial charge in [0.15, 0.2) is 0 Å². The second-order valence-electron chi connectivity index (χ2n) is 12.2. The molecule has 41 heavy (non-hydrogen) atoms. The van der Waals surface area contributed by atoms with Crippen LogP contribution in [0.25, 0.3) is 0 Å². The number of thiocarbonyl (C=S) groups is 1. The van der Waals surface area contributed by atoms with Crippen molar-refractivity contribution < 1.29 is 14.3 Å². The summed E-state index contributed by atoms with van der Waals surface area (Å²) in [6.45, 7) is 9.92. The van der Waals surface area contributed by atoms with E-state index in [9.17, 15) is 4.79 Å². The molecule has 0 bridgehead atoms. The molecule has 244 valence electrons. The highest BCUT2D eigenvalue weighted by molar-refractivity contribution is 8.47. The maximum atomic E-state index is 12.6. The maximum Gasteiger partial charge on any atom is 0.322 e. The molecule has 0 aliphatic carbocycles. The minimum atomic E-state index is -0.656. The van der Waals surface area contributed by atoms with E-state index in [2.05, 4.69) is 13.8 Å². The Hall–Kier alpha value is 0.220. The fourth-order valence-corrected chi connectivity index (χ4v) is 7.95. The lowest BCUT2D eigenvalue weighted by atomic mass is 10.0. The Labute approximate surface area is 270 Å². The van der Waals surface area contributed by atoms with Gasteiger partial charge in [-0.1, -0.05) is 179 Å². The second-order valence-corrected chi connectivity index (χ2v) is 16.2. The van der Waals surface area contributed by atoms with E-state index in [0.717, 1.165) is 22.3 Å². The van der Waals surface area contributed by atoms with Crippen LogP contribution in [0.1, 0.15) is 182 Å². The molecule has 0 radical (unpaired) electrons. The van der Waals surface area contributed by atoms with E-state index in [1.807, 2.05) is 13.8 Å². The third kappa shape index (κ3) is 30.0. The molecule has 0 aromatic heterocycles. The molecule has 0 rings (SSSR count). The lowest BCUT2D eigenvalue weighted by Crippen LogP contribution is -2.32. The molecule has 0 heterocycles. The Morgan fingerprint density at radius 2 is 0.951 bits per heavy atom. The van der Waals surface area contributed by atoms with Gasteiger partial charge in [-0.05, 0) is 32.4 Å². The van der Waals surface area contributed by atoms with E-state index in [0.29, 0.717) is 13.2 Å². The fraction of sp³-hybridized carbons (Fsp3) is 0.943. The summed E-state index contributed by atoms with van der Waals surface area (Å²) in [4.78, 5) is 12.6. The smallest absolute Gasteiger partial charge is 0.322 e. The van der Waals surface area contributed by atoms with Gasteiger partial charge in [-0.3, -0.25) is 4.79 Å². The van der Waals surface area contributed by atoms with E-state index in [1.54, 1.807) is 11.8 Å². The van der Waals surface area contributed by atoms with Gasteiger partial charge >= 0.3 is 5.97 Å². The van der Waals surface area contributed by atoms with Crippen molar-refractivity contribution in [2.24, 2.45) is 0 Å². The average Bonchev–Trinajstić information content (AvgIpc) is 2.94. The predicted molar refractivity (Wildman–Crippen MR) is 191 cm³/mol. The molecule has 0 unspecified atom stereocenters. The number of esters is 1. The first-order valence-electron chi connectivity index (χ1n) is 17.5. The molecule has 0 atom stereocenters. The molecule has 0 aliphatic heterocycles. The monoisotopic (exact) mass is 632 g/mol. The van der Waals surface area contributed by atoms with Gasteiger partial charge in [-0.15, -0.1) is 11.8 Å². The summed E-state index contributed by atoms with van der Waals surface area (Å²) in [7, 11) is 0. The number of carbonyl (C=O) groups is 1. The van der Waals surface area contributed by atoms with Gasteiger partial charge in [-0.25, -0.2) is 0 Å². The minimum absolute atomic E-state index is 0.204. The van der Waals surface area contributed by atoms with Gasteiger partial charge in [-0.2, -0.15) is 0 Å². The molecule has 0 saturated carbocycles. The van der Waals surface area contributed by atoms with Crippen LogP contribution >= 0.6 is 35.7 Å². The average molecular weight is 633 g/mol. The van der Waals surface area contributed by atoms with Gasteiger partial charge in [0.1, 0.15) is 14.9 Å². The number of ether oxygens (including phenoxy) is 2. The molecule has 0 amide bonds. The first-order chi connectivity index (χ1) is 19.9. The van der Waals surface area contributed by atoms with Crippen molar-refractivity contribution in [3.63, 3.8) is 0 Å². The van der Waals surface area contributed by atoms with Crippen molar-refractivity contribution in [2.45, 2.75) is 187 Å². The Balaban J connectivity index is 3.52. The topological polar surface area (TPSA) is 35.5 Å². The molecule has 0 N–H and O–H groups in total. The van der Waals surface area contributed by atoms with Crippen molar-refractivity contribution in [3.8, 4) is 0 Å². The highest BCUT2D eigenvalue weighted by Crippen LogP contribution is 2.32. The Bertz CT molecular complexity index is 583. The van der Waals surface area contributed by atoms with Crippen LogP contribution in [0, 0.1) is 0 Å². The molecular formula is C35H68O3S3. The lowest BCUT2D eigenvalue weighted by Gasteiger charge is -2.22. The summed E-state index contributed by atoms with van der Waals surface area (Å²) in [6.07, 6.45) is 32.5. The first-order valence-corrected chi connectivity index (χ1v) is 19.8. The van der Waals surface area contributed by atoms with E-state index in [-0.39, 0.29) is 5.97 Å². The number of thioether (sulfide) groups is 2. The van der Waals surface area contributed by atoms with Crippen molar-refractivity contribution in [3.05, 3.63) is 0 Å². The van der Waals surface area contributed by atoms with Gasteiger partial charge in [0, 0.05) is 6.61 Å². The summed E-state index contributed by atoms with van der Waals surface area (Å²) in [5.74, 6) is 0.838. The first kappa shape index (κ1) is 41.2. The predicted octanol–water partition coefficient (Wildman–Crippen LogP) is 12.5. The van der Waals surface area contributed by atoms with Crippen LogP contribution in [0.3, 0.4) is 0 Å². The lowest BCUT2D eigenvalue weighted by molar-refractivity contribution is -0.147. The summed E-state index contributed by atoms with van der Waals surface area (Å²) < 4.78 is 11.4. The minimum Gasteiger partial charge on any atom is -0.462 e. The van der Waals surface area contributed by atoms with Crippen LogP contribution in [0.4, 0.5) is 0 Å². The van der Waals surface area contributed by atoms with Crippen LogP contribution < -0.4 is 0 Å². The SMILES string of the molecule is CCCCCCCCCCCCCCCCOCCOC(=O)C(C)(C)SC(=S)SCCCCCCCCCCCC. The van der Waals surface area contributed by atoms with Gasteiger partial charge < -0.3 is 9.47 Å². The van der Waals surface area contributed by atoms with Crippen molar-refractivity contribution in [1.82, 2.24) is 0 Å². The molecule has 0 aromatic carbocycles. The molecule has 0 aliphatic rings. The van der Waals surface area contributed by atoms with Crippen molar-refractivity contribution in [2.75, 3.05) is 25.6 Å². The number of hydrogen-bond acceptors (Lipinski definition) is 6. The fourth-order valence-electron chi connectivity index (χ4n) is 4.89. The van der Waals surface area contributed by atoms with Crippen LogP contribution in [0.2, 0.25) is 0 Å². The summed E-state index contributed by atoms with van der Waals surface area (Å²) >= 11 is 8.72. The van der Waals surface area contributed by atoms with E-state index in [4.69, 9.17) is 21.7 Å². The number of hydrogen-bond donors (Lipinski definition) is 0. The highest BCUT2D eigenvalue weighted by atomic mass is 32.2. The highest BCUT2D eigenvalue weighted by Gasteiger charge is 2.31. The van der Waals surface area contributed by atoms with Crippen LogP contribution in [0.5, 0.6) is 0 Å². The van der Waals surface area contributed by atoms with Gasteiger partial charge in [0.05, 0.1) is 6.61 Å². The quantitative estimate of drug-likeness (QED) is 0.0430. The Kier molecular flexibility index (Phi) is 31.8. The molecule has 0 spiro atoms. The number of rotatable bonds is 31. The standard InChI is InChI=1S/C35H68O3S3/c1-5-7-9-11-13-15-17-18-19-20-21-23-25-27-29-37-30-31-38-33(36)35(3,4)41-34(39)40-32-28-26-24-22-16-14-12-10-8-6-2/h5-32H2,1-4H3. The second kappa shape index (κ2) is 31.6. The van der Waals surface area contributed by atoms with Crippen LogP contribution in [-0.4, -0.2) is 39.8 Å². The zero-order valence-corrected chi connectivity index (χ0v) is 30.2. The Morgan fingerprint density at radius 3 is 1.39 bits per heavy atom. The van der Waals surface area contributed by atoms with Gasteiger partial charge in [0.25, 0.3) is 0 Å². The molecule has 3 nitrogen and oxygen atoms in total. The molecule has 6 heteroatoms. The molecule has 0 aromatic rings. The maximum absolute atomic E-state index is 12.6. The molecule has 0 saturated heterocycles. The third-order valence-electron chi connectivity index (χ3n) is 7.65. The summed E-state index contributed by atoms with van der Waals surface area (Å²) in [5, 5.41) is 0. The van der Waals surface area contributed by atoms with E-state index in [1.165, 1.54) is 159 Å². The van der Waals surface area contributed by atoms with Crippen molar-refractivity contribution >= 4 is 45.2 Å². The van der Waals surface area contributed by atoms with E-state index < -0.39 is 4.75 Å². The van der Waals surface area contributed by atoms with Crippen LogP contribution in [-0.2, 0) is 14.3 Å². The van der Waals surface area contributed by atoms with E-state index >= 15 is 0 Å². The normalized spacial score (nSPS) is 11.7. The van der Waals surface area contributed by atoms with Crippen LogP contribution in [0.15, 0.2) is 0 Å². The zero-order valence-electron chi connectivity index (χ0n) is 27.7. The number of carbonyl (C=O) groups excluding carboxylic acids is 1. The van der Waals surface area contributed by atoms with Crippen molar-refractivity contribution in [1.29, 1.82) is 0 Å². The Morgan fingerprint density at radius 1 is 0.561 bits per heavy atom.